The Morgan fingerprint density at radius 2 is 1.82 bits per heavy atom. The molecule has 3 amide bonds. The lowest BCUT2D eigenvalue weighted by Crippen LogP contribution is -2.50. The van der Waals surface area contributed by atoms with Gasteiger partial charge in [0.25, 0.3) is 0 Å². The van der Waals surface area contributed by atoms with Gasteiger partial charge >= 0.3 is 0 Å². The van der Waals surface area contributed by atoms with E-state index in [4.69, 9.17) is 4.84 Å². The maximum absolute atomic E-state index is 13.6. The highest BCUT2D eigenvalue weighted by molar-refractivity contribution is 5.90. The maximum Gasteiger partial charge on any atom is 0.244 e. The molecule has 1 aromatic rings. The summed E-state index contributed by atoms with van der Waals surface area (Å²) in [6.45, 7) is 7.16. The molecule has 3 fully saturated rings. The number of nitrogens with zero attached hydrogens (tertiary/aromatic N) is 1. The molecule has 8 heteroatoms. The first-order chi connectivity index (χ1) is 19.4. The standard InChI is InChI=1S/C32H50N4O4/c1-23(2)18-25(20-30(37)35-40-22-24-12-6-5-7-13-24)31(38)34-28-19-26-21-36(29-15-9-8-14-27(26)29)17-11-4-3-10-16-33-32(28)39/h5-7,12-13,23,25-29H,3-4,8-11,14-22H2,1-2H3,(H,33,39)(H,34,38)(H,35,37)/t25-,26?,27?,28+,29?/m1/s1. The van der Waals surface area contributed by atoms with Crippen LogP contribution in [0.15, 0.2) is 30.3 Å². The lowest BCUT2D eigenvalue weighted by Gasteiger charge is -2.33. The second-order valence-corrected chi connectivity index (χ2v) is 12.6. The van der Waals surface area contributed by atoms with E-state index in [9.17, 15) is 14.4 Å². The highest BCUT2D eigenvalue weighted by atomic mass is 16.6. The number of nitrogens with one attached hydrogen (secondary N) is 3. The summed E-state index contributed by atoms with van der Waals surface area (Å²) in [5.74, 6) is 0.0777. The number of fused-ring (bicyclic) bond motifs is 5. The molecular weight excluding hydrogens is 504 g/mol. The van der Waals surface area contributed by atoms with E-state index < -0.39 is 12.0 Å². The van der Waals surface area contributed by atoms with Crippen molar-refractivity contribution in [3.05, 3.63) is 35.9 Å². The predicted molar refractivity (Wildman–Crippen MR) is 156 cm³/mol. The number of hydroxylamine groups is 1. The Labute approximate surface area is 240 Å². The molecule has 0 radical (unpaired) electrons. The molecule has 1 saturated carbocycles. The summed E-state index contributed by atoms with van der Waals surface area (Å²) in [6.07, 6.45) is 10.8. The SMILES string of the molecule is CC(C)C[C@H](CC(=O)NOCc1ccccc1)C(=O)N[C@H]1CC2CN(CCCCCCNC1=O)C1CCCCC21. The lowest BCUT2D eigenvalue weighted by molar-refractivity contribution is -0.139. The molecule has 1 aromatic carbocycles. The van der Waals surface area contributed by atoms with Crippen molar-refractivity contribution in [2.45, 2.75) is 103 Å². The van der Waals surface area contributed by atoms with Crippen LogP contribution in [0.1, 0.15) is 90.0 Å². The smallest absolute Gasteiger partial charge is 0.244 e. The first-order valence-corrected chi connectivity index (χ1v) is 15.7. The predicted octanol–water partition coefficient (Wildman–Crippen LogP) is 4.34. The van der Waals surface area contributed by atoms with Crippen LogP contribution in [0.4, 0.5) is 0 Å². The van der Waals surface area contributed by atoms with E-state index in [1.807, 2.05) is 44.2 Å². The molecule has 4 rings (SSSR count). The highest BCUT2D eigenvalue weighted by Gasteiger charge is 2.44. The molecule has 2 bridgehead atoms. The van der Waals surface area contributed by atoms with Gasteiger partial charge in [-0.05, 0) is 68.4 Å². The topological polar surface area (TPSA) is 99.8 Å². The van der Waals surface area contributed by atoms with Crippen molar-refractivity contribution in [3.8, 4) is 0 Å². The molecule has 40 heavy (non-hydrogen) atoms. The van der Waals surface area contributed by atoms with Gasteiger partial charge < -0.3 is 10.6 Å². The van der Waals surface area contributed by atoms with E-state index >= 15 is 0 Å². The van der Waals surface area contributed by atoms with E-state index in [1.54, 1.807) is 0 Å². The molecule has 3 N–H and O–H groups in total. The number of carbonyl (C=O) groups excluding carboxylic acids is 3. The second-order valence-electron chi connectivity index (χ2n) is 12.6. The molecule has 2 heterocycles. The molecule has 2 saturated heterocycles. The molecule has 0 spiro atoms. The largest absolute Gasteiger partial charge is 0.354 e. The fourth-order valence-electron chi connectivity index (χ4n) is 7.07. The Hall–Kier alpha value is -2.45. The number of hydrogen-bond donors (Lipinski definition) is 3. The first-order valence-electron chi connectivity index (χ1n) is 15.7. The summed E-state index contributed by atoms with van der Waals surface area (Å²) < 4.78 is 0. The van der Waals surface area contributed by atoms with Crippen molar-refractivity contribution in [2.75, 3.05) is 19.6 Å². The minimum absolute atomic E-state index is 0.0229. The van der Waals surface area contributed by atoms with Crippen molar-refractivity contribution in [1.82, 2.24) is 21.0 Å². The lowest BCUT2D eigenvalue weighted by atomic mass is 9.77. The third-order valence-corrected chi connectivity index (χ3v) is 8.99. The number of amides is 3. The Morgan fingerprint density at radius 3 is 2.62 bits per heavy atom. The van der Waals surface area contributed by atoms with Crippen LogP contribution in [0.3, 0.4) is 0 Å². The van der Waals surface area contributed by atoms with Crippen molar-refractivity contribution in [3.63, 3.8) is 0 Å². The van der Waals surface area contributed by atoms with E-state index in [-0.39, 0.29) is 36.7 Å². The van der Waals surface area contributed by atoms with Gasteiger partial charge in [-0.1, -0.05) is 69.9 Å². The summed E-state index contributed by atoms with van der Waals surface area (Å²) in [6, 6.07) is 9.66. The van der Waals surface area contributed by atoms with Crippen LogP contribution in [-0.4, -0.2) is 54.3 Å². The number of carbonyl (C=O) groups is 3. The van der Waals surface area contributed by atoms with Crippen LogP contribution < -0.4 is 16.1 Å². The second kappa shape index (κ2) is 15.5. The Bertz CT molecular complexity index is 955. The molecule has 222 valence electrons. The van der Waals surface area contributed by atoms with E-state index in [0.29, 0.717) is 37.3 Å². The molecule has 4 unspecified atom stereocenters. The summed E-state index contributed by atoms with van der Waals surface area (Å²) in [5, 5.41) is 6.22. The molecule has 6 atom stereocenters. The Kier molecular flexibility index (Phi) is 11.8. The van der Waals surface area contributed by atoms with E-state index in [0.717, 1.165) is 31.5 Å². The molecule has 2 aliphatic heterocycles. The minimum atomic E-state index is -0.576. The normalized spacial score (nSPS) is 28.3. The van der Waals surface area contributed by atoms with Crippen molar-refractivity contribution in [1.29, 1.82) is 0 Å². The van der Waals surface area contributed by atoms with Crippen LogP contribution >= 0.6 is 0 Å². The fourth-order valence-corrected chi connectivity index (χ4v) is 7.07. The number of benzene rings is 1. The van der Waals surface area contributed by atoms with E-state index in [1.165, 1.54) is 38.5 Å². The van der Waals surface area contributed by atoms with Crippen LogP contribution in [0.5, 0.6) is 0 Å². The molecule has 8 nitrogen and oxygen atoms in total. The van der Waals surface area contributed by atoms with Crippen molar-refractivity contribution >= 4 is 17.7 Å². The Balaban J connectivity index is 1.40. The molecule has 1 aliphatic carbocycles. The summed E-state index contributed by atoms with van der Waals surface area (Å²) in [7, 11) is 0. The van der Waals surface area contributed by atoms with Crippen molar-refractivity contribution in [2.24, 2.45) is 23.7 Å². The van der Waals surface area contributed by atoms with Crippen LogP contribution in [0.2, 0.25) is 0 Å². The van der Waals surface area contributed by atoms with Gasteiger partial charge in [0.15, 0.2) is 0 Å². The Morgan fingerprint density at radius 1 is 1.05 bits per heavy atom. The molecular formula is C32H50N4O4. The van der Waals surface area contributed by atoms with Crippen LogP contribution in [0, 0.1) is 23.7 Å². The zero-order valence-electron chi connectivity index (χ0n) is 24.5. The number of hydrogen-bond acceptors (Lipinski definition) is 5. The van der Waals surface area contributed by atoms with Gasteiger partial charge in [-0.25, -0.2) is 5.48 Å². The van der Waals surface area contributed by atoms with Gasteiger partial charge in [0.05, 0.1) is 6.61 Å². The fraction of sp³-hybridized carbons (Fsp3) is 0.719. The zero-order chi connectivity index (χ0) is 28.3. The third kappa shape index (κ3) is 9.03. The molecule has 3 aliphatic rings. The summed E-state index contributed by atoms with van der Waals surface area (Å²) in [5.41, 5.74) is 3.46. The number of rotatable bonds is 9. The van der Waals surface area contributed by atoms with Crippen LogP contribution in [0.25, 0.3) is 0 Å². The van der Waals surface area contributed by atoms with Crippen LogP contribution in [-0.2, 0) is 25.8 Å². The first kappa shape index (κ1) is 30.5. The monoisotopic (exact) mass is 554 g/mol. The van der Waals surface area contributed by atoms with Gasteiger partial charge in [0.1, 0.15) is 6.04 Å². The highest BCUT2D eigenvalue weighted by Crippen LogP contribution is 2.42. The van der Waals surface area contributed by atoms with Crippen molar-refractivity contribution < 1.29 is 19.2 Å². The van der Waals surface area contributed by atoms with E-state index in [2.05, 4.69) is 21.0 Å². The average molecular weight is 555 g/mol. The minimum Gasteiger partial charge on any atom is -0.354 e. The summed E-state index contributed by atoms with van der Waals surface area (Å²) >= 11 is 0. The maximum atomic E-state index is 13.6. The van der Waals surface area contributed by atoms with Gasteiger partial charge in [0.2, 0.25) is 17.7 Å². The quantitative estimate of drug-likeness (QED) is 0.395. The average Bonchev–Trinajstić information content (AvgIpc) is 3.29. The van der Waals surface area contributed by atoms with Gasteiger partial charge in [0, 0.05) is 31.5 Å². The molecule has 0 aromatic heterocycles. The summed E-state index contributed by atoms with van der Waals surface area (Å²) in [4.78, 5) is 47.8. The van der Waals surface area contributed by atoms with Gasteiger partial charge in [-0.3, -0.25) is 24.1 Å². The van der Waals surface area contributed by atoms with Gasteiger partial charge in [-0.15, -0.1) is 0 Å². The zero-order valence-corrected chi connectivity index (χ0v) is 24.5. The third-order valence-electron chi connectivity index (χ3n) is 8.99. The van der Waals surface area contributed by atoms with Gasteiger partial charge in [-0.2, -0.15) is 0 Å².